The average Bonchev–Trinajstić information content (AvgIpc) is 1.20. The number of hydrogen-bond acceptors (Lipinski definition) is 8. The molecular formula is C104H74N8O4Zn2. The van der Waals surface area contributed by atoms with Crippen molar-refractivity contribution in [3.05, 3.63) is 348 Å². The number of fused-ring (bicyclic) bond motifs is 18. The van der Waals surface area contributed by atoms with Crippen molar-refractivity contribution in [1.82, 2.24) is 39.9 Å². The zero-order chi connectivity index (χ0) is 77.4. The summed E-state index contributed by atoms with van der Waals surface area (Å²) in [5.41, 5.74) is 29.0. The van der Waals surface area contributed by atoms with Crippen LogP contribution in [-0.4, -0.2) is 46.4 Å². The van der Waals surface area contributed by atoms with Gasteiger partial charge in [0, 0.05) is 24.0 Å². The molecule has 10 aromatic carbocycles. The fraction of sp³-hybridized carbons (Fsp3) is 0.0769. The smallest absolute Gasteiger partial charge is 0.657 e. The van der Waals surface area contributed by atoms with Gasteiger partial charge in [0.15, 0.2) is 0 Å². The summed E-state index contributed by atoms with van der Waals surface area (Å²) in [6.07, 6.45) is 17.9. The SMILES string of the molecule is Cc1ccc(-c2c3nc(c(-c4ccccc4)c4ccc([n-]4)c(-c4ccc(OCCCOc5ccc6ccccc6c5-c5c(OCCCOc6ccc(-c7c8nc(c(-c9ccccc9)c9ccc([n-]9)c(-c9ccc(C)cc9)c9nc(cc%10ccc7[n-]%10)C=C9)C=C8)cc6)ccc6ccccc56)cc4)c4nc(cc5ccc2[n-]5)C=C4)C=C3)cc1.[Zn+2].[Zn+2]. The molecule has 4 aliphatic heterocycles. The molecule has 0 spiro atoms. The molecule has 118 heavy (non-hydrogen) atoms. The summed E-state index contributed by atoms with van der Waals surface area (Å²) in [6, 6.07) is 100. The van der Waals surface area contributed by atoms with Gasteiger partial charge in [-0.3, -0.25) is 0 Å². The normalized spacial score (nSPS) is 11.9. The summed E-state index contributed by atoms with van der Waals surface area (Å²) < 4.78 is 26.8. The summed E-state index contributed by atoms with van der Waals surface area (Å²) in [5, 5.41) is 4.32. The van der Waals surface area contributed by atoms with Gasteiger partial charge < -0.3 is 38.9 Å². The van der Waals surface area contributed by atoms with E-state index < -0.39 is 0 Å². The number of aryl methyl sites for hydroxylation is 2. The Bertz CT molecular complexity index is 6800. The van der Waals surface area contributed by atoms with Gasteiger partial charge in [0.2, 0.25) is 0 Å². The molecule has 0 atom stereocenters. The molecule has 0 saturated carbocycles. The Balaban J connectivity index is 0.00000480. The van der Waals surface area contributed by atoms with E-state index in [4.69, 9.17) is 58.8 Å². The van der Waals surface area contributed by atoms with Gasteiger partial charge in [0.1, 0.15) is 23.0 Å². The minimum Gasteiger partial charge on any atom is -0.657 e. The van der Waals surface area contributed by atoms with Crippen LogP contribution >= 0.6 is 0 Å². The summed E-state index contributed by atoms with van der Waals surface area (Å²) in [4.78, 5) is 42.4. The maximum atomic E-state index is 6.88. The quantitative estimate of drug-likeness (QED) is 0.0561. The van der Waals surface area contributed by atoms with Gasteiger partial charge in [-0.2, -0.15) is 0 Å². The van der Waals surface area contributed by atoms with Crippen LogP contribution in [0.3, 0.4) is 0 Å². The molecule has 14 heteroatoms. The molecule has 4 aliphatic rings. The van der Waals surface area contributed by atoms with E-state index in [0.29, 0.717) is 39.3 Å². The predicted molar refractivity (Wildman–Crippen MR) is 474 cm³/mol. The molecule has 0 unspecified atom stereocenters. The second-order valence-corrected chi connectivity index (χ2v) is 29.4. The zero-order valence-corrected chi connectivity index (χ0v) is 71.1. The third-order valence-corrected chi connectivity index (χ3v) is 21.6. The van der Waals surface area contributed by atoms with Crippen LogP contribution in [0.4, 0.5) is 0 Å². The monoisotopic (exact) mass is 1630 g/mol. The second kappa shape index (κ2) is 33.3. The third-order valence-electron chi connectivity index (χ3n) is 21.6. The van der Waals surface area contributed by atoms with Crippen LogP contribution in [0.15, 0.2) is 291 Å². The van der Waals surface area contributed by atoms with E-state index in [2.05, 4.69) is 281 Å². The Kier molecular flexibility index (Phi) is 21.4. The van der Waals surface area contributed by atoms with Gasteiger partial charge in [0.05, 0.1) is 72.0 Å². The standard InChI is InChI=1S/C104H74N8O4.2Zn/c1-65-23-27-71(28-24-65)99-83-45-37-75(105-83)63-77-39-47-85(107-77)101(93-55-51-89(111-93)97(69-17-5-3-6-18-69)87-49-53-91(99)109-87)73-31-41-79(42-32-73)113-59-13-61-115-95-57-35-67-15-9-11-21-81(67)103(95)104-82-22-12-10-16-68(82)36-58-96(104)116-62-14-60-114-80-43-33-74(34-44-80)102-86-48-40-78(108-86)64-76-38-46-84(106-76)100(72-29-25-66(2)26-30-72)92-54-50-88(110-92)98(70-19-7-4-8-20-70)90-52-56-94(102)112-90;;/h3-12,15-58,63-64H,13-14,59-62H2,1-2H3;;/q-4;2*+2. The van der Waals surface area contributed by atoms with E-state index in [1.54, 1.807) is 0 Å². The molecule has 20 rings (SSSR count). The van der Waals surface area contributed by atoms with E-state index in [1.807, 2.05) is 72.8 Å². The predicted octanol–water partition coefficient (Wildman–Crippen LogP) is 24.4. The number of aromatic nitrogens is 8. The van der Waals surface area contributed by atoms with E-state index >= 15 is 0 Å². The second-order valence-electron chi connectivity index (χ2n) is 29.4. The molecule has 0 N–H and O–H groups in total. The van der Waals surface area contributed by atoms with Gasteiger partial charge in [-0.05, 0) is 187 Å². The number of hydrogen-bond donors (Lipinski definition) is 0. The van der Waals surface area contributed by atoms with E-state index in [9.17, 15) is 0 Å². The molecular weight excluding hydrogens is 1560 g/mol. The average molecular weight is 1630 g/mol. The van der Waals surface area contributed by atoms with Crippen molar-refractivity contribution in [3.8, 4) is 101 Å². The fourth-order valence-electron chi connectivity index (χ4n) is 16.0. The van der Waals surface area contributed by atoms with Gasteiger partial charge in [-0.25, -0.2) is 19.9 Å². The Morgan fingerprint density at radius 1 is 0.246 bits per heavy atom. The van der Waals surface area contributed by atoms with Crippen molar-refractivity contribution < 1.29 is 57.9 Å². The van der Waals surface area contributed by atoms with Crippen LogP contribution in [0, 0.1) is 13.8 Å². The van der Waals surface area contributed by atoms with E-state index in [0.717, 1.165) is 212 Å². The van der Waals surface area contributed by atoms with Gasteiger partial charge >= 0.3 is 39.0 Å². The minimum atomic E-state index is 0. The molecule has 558 valence electrons. The third kappa shape index (κ3) is 15.3. The summed E-state index contributed by atoms with van der Waals surface area (Å²) in [5.74, 6) is 3.00. The first-order valence-electron chi connectivity index (χ1n) is 39.3. The van der Waals surface area contributed by atoms with E-state index in [-0.39, 0.29) is 39.0 Å². The molecule has 0 amide bonds. The van der Waals surface area contributed by atoms with Crippen LogP contribution in [0.5, 0.6) is 23.0 Å². The van der Waals surface area contributed by atoms with Crippen molar-refractivity contribution in [1.29, 1.82) is 0 Å². The molecule has 16 bridgehead atoms. The van der Waals surface area contributed by atoms with Crippen LogP contribution in [-0.2, 0) is 39.0 Å². The van der Waals surface area contributed by atoms with Crippen LogP contribution in [0.1, 0.15) is 69.5 Å². The van der Waals surface area contributed by atoms with Gasteiger partial charge in [-0.15, -0.1) is 44.1 Å². The molecule has 10 heterocycles. The minimum absolute atomic E-state index is 0. The molecule has 0 saturated heterocycles. The van der Waals surface area contributed by atoms with Gasteiger partial charge in [-0.1, -0.05) is 266 Å². The molecule has 12 nitrogen and oxygen atoms in total. The maximum Gasteiger partial charge on any atom is 2.00 e. The number of benzene rings is 10. The molecule has 0 radical (unpaired) electrons. The van der Waals surface area contributed by atoms with Crippen molar-refractivity contribution in [2.24, 2.45) is 0 Å². The maximum absolute atomic E-state index is 6.88. The van der Waals surface area contributed by atoms with Crippen molar-refractivity contribution in [2.45, 2.75) is 26.7 Å². The molecule has 16 aromatic rings. The zero-order valence-electron chi connectivity index (χ0n) is 65.2. The number of nitrogens with zero attached hydrogens (tertiary/aromatic N) is 8. The van der Waals surface area contributed by atoms with Crippen LogP contribution in [0.25, 0.3) is 192 Å². The topological polar surface area (TPSA) is 145 Å². The number of ether oxygens (including phenoxy) is 4. The summed E-state index contributed by atoms with van der Waals surface area (Å²) >= 11 is 0. The largest absolute Gasteiger partial charge is 2.00 e. The van der Waals surface area contributed by atoms with Crippen molar-refractivity contribution >= 4 is 114 Å². The van der Waals surface area contributed by atoms with Crippen molar-refractivity contribution in [2.75, 3.05) is 26.4 Å². The first-order chi connectivity index (χ1) is 57.2. The summed E-state index contributed by atoms with van der Waals surface area (Å²) in [6.45, 7) is 5.88. The first kappa shape index (κ1) is 75.7. The Hall–Kier alpha value is -13.6. The molecule has 0 aliphatic carbocycles. The van der Waals surface area contributed by atoms with Crippen LogP contribution < -0.4 is 38.9 Å². The number of rotatable bonds is 19. The van der Waals surface area contributed by atoms with E-state index in [1.165, 1.54) is 11.1 Å². The first-order valence-corrected chi connectivity index (χ1v) is 39.3. The fourth-order valence-corrected chi connectivity index (χ4v) is 16.0. The van der Waals surface area contributed by atoms with Crippen LogP contribution in [0.2, 0.25) is 0 Å². The Morgan fingerprint density at radius 3 is 0.915 bits per heavy atom. The van der Waals surface area contributed by atoms with Gasteiger partial charge in [0.25, 0.3) is 0 Å². The summed E-state index contributed by atoms with van der Waals surface area (Å²) in [7, 11) is 0. The molecule has 0 fully saturated rings. The Labute approximate surface area is 708 Å². The van der Waals surface area contributed by atoms with Crippen molar-refractivity contribution in [3.63, 3.8) is 0 Å². The Morgan fingerprint density at radius 2 is 0.542 bits per heavy atom. The molecule has 6 aromatic heterocycles.